The number of benzene rings is 1. The molecule has 106 valence electrons. The molecular weight excluding hydrogens is 304 g/mol. The van der Waals surface area contributed by atoms with Gasteiger partial charge in [0.05, 0.1) is 16.4 Å². The van der Waals surface area contributed by atoms with E-state index in [1.54, 1.807) is 10.9 Å². The van der Waals surface area contributed by atoms with Gasteiger partial charge in [0, 0.05) is 17.1 Å². The molecule has 2 aromatic heterocycles. The summed E-state index contributed by atoms with van der Waals surface area (Å²) >= 11 is 7.39. The zero-order valence-corrected chi connectivity index (χ0v) is 13.0. The first-order chi connectivity index (χ1) is 10.2. The lowest BCUT2D eigenvalue weighted by Gasteiger charge is -2.02. The number of thiophene rings is 1. The van der Waals surface area contributed by atoms with Crippen LogP contribution in [0.2, 0.25) is 4.34 Å². The van der Waals surface area contributed by atoms with E-state index in [9.17, 15) is 4.79 Å². The van der Waals surface area contributed by atoms with Crippen LogP contribution < -0.4 is 0 Å². The van der Waals surface area contributed by atoms with E-state index >= 15 is 0 Å². The molecule has 21 heavy (non-hydrogen) atoms. The van der Waals surface area contributed by atoms with Gasteiger partial charge < -0.3 is 0 Å². The van der Waals surface area contributed by atoms with Gasteiger partial charge in [0.25, 0.3) is 0 Å². The molecule has 3 aromatic rings. The van der Waals surface area contributed by atoms with Crippen LogP contribution in [0.1, 0.15) is 21.5 Å². The molecule has 0 radical (unpaired) electrons. The Hall–Kier alpha value is -1.91. The van der Waals surface area contributed by atoms with Gasteiger partial charge in [-0.3, -0.25) is 9.48 Å². The second-order valence-corrected chi connectivity index (χ2v) is 6.42. The lowest BCUT2D eigenvalue weighted by Crippen LogP contribution is -2.00. The highest BCUT2D eigenvalue weighted by Crippen LogP contribution is 2.29. The van der Waals surface area contributed by atoms with Crippen LogP contribution in [-0.2, 0) is 6.54 Å². The number of hydrogen-bond acceptors (Lipinski definition) is 3. The third kappa shape index (κ3) is 3.06. The van der Waals surface area contributed by atoms with Gasteiger partial charge in [-0.15, -0.1) is 11.3 Å². The van der Waals surface area contributed by atoms with Crippen molar-refractivity contribution < 1.29 is 4.79 Å². The number of halogens is 1. The second kappa shape index (κ2) is 5.84. The minimum Gasteiger partial charge on any atom is -0.298 e. The molecule has 3 rings (SSSR count). The van der Waals surface area contributed by atoms with E-state index < -0.39 is 0 Å². The smallest absolute Gasteiger partial charge is 0.153 e. The normalized spacial score (nSPS) is 10.8. The fourth-order valence-corrected chi connectivity index (χ4v) is 3.13. The van der Waals surface area contributed by atoms with E-state index in [4.69, 9.17) is 11.6 Å². The van der Waals surface area contributed by atoms with Gasteiger partial charge in [-0.05, 0) is 18.6 Å². The molecule has 0 unspecified atom stereocenters. The molecule has 0 saturated carbocycles. The van der Waals surface area contributed by atoms with Crippen LogP contribution in [0.5, 0.6) is 0 Å². The summed E-state index contributed by atoms with van der Waals surface area (Å²) in [6.45, 7) is 2.70. The molecule has 0 amide bonds. The van der Waals surface area contributed by atoms with Crippen molar-refractivity contribution in [3.63, 3.8) is 0 Å². The Morgan fingerprint density at radius 1 is 1.38 bits per heavy atom. The molecule has 0 aliphatic carbocycles. The van der Waals surface area contributed by atoms with Crippen molar-refractivity contribution in [3.8, 4) is 11.3 Å². The molecule has 1 aromatic carbocycles. The van der Waals surface area contributed by atoms with E-state index in [0.717, 1.165) is 17.4 Å². The summed E-state index contributed by atoms with van der Waals surface area (Å²) in [5.74, 6) is 0. The summed E-state index contributed by atoms with van der Waals surface area (Å²) in [5, 5.41) is 6.43. The quantitative estimate of drug-likeness (QED) is 0.667. The molecule has 0 atom stereocenters. The lowest BCUT2D eigenvalue weighted by molar-refractivity contribution is 0.112. The number of hydrogen-bond donors (Lipinski definition) is 0. The van der Waals surface area contributed by atoms with Crippen molar-refractivity contribution in [1.82, 2.24) is 9.78 Å². The SMILES string of the molecule is Cc1cccc(Cn2cc(C=O)c(-c3csc(Cl)c3)n2)c1. The van der Waals surface area contributed by atoms with Crippen molar-refractivity contribution in [2.75, 3.05) is 0 Å². The highest BCUT2D eigenvalue weighted by atomic mass is 35.5. The first-order valence-electron chi connectivity index (χ1n) is 6.48. The number of carbonyl (C=O) groups excluding carboxylic acids is 1. The Kier molecular flexibility index (Phi) is 3.90. The van der Waals surface area contributed by atoms with Crippen molar-refractivity contribution >= 4 is 29.2 Å². The van der Waals surface area contributed by atoms with Gasteiger partial charge in [-0.25, -0.2) is 0 Å². The van der Waals surface area contributed by atoms with Gasteiger partial charge in [0.15, 0.2) is 6.29 Å². The second-order valence-electron chi connectivity index (χ2n) is 4.88. The first-order valence-corrected chi connectivity index (χ1v) is 7.74. The van der Waals surface area contributed by atoms with Crippen LogP contribution in [0.15, 0.2) is 41.9 Å². The Morgan fingerprint density at radius 3 is 2.90 bits per heavy atom. The Bertz CT molecular complexity index is 791. The molecular formula is C16H13ClN2OS. The molecule has 0 aliphatic heterocycles. The maximum Gasteiger partial charge on any atom is 0.153 e. The standard InChI is InChI=1S/C16H13ClN2OS/c1-11-3-2-4-12(5-11)7-19-8-14(9-20)16(18-19)13-6-15(17)21-10-13/h2-6,8-10H,7H2,1H3. The van der Waals surface area contributed by atoms with E-state index in [2.05, 4.69) is 30.2 Å². The average molecular weight is 317 g/mol. The monoisotopic (exact) mass is 316 g/mol. The van der Waals surface area contributed by atoms with Crippen LogP contribution in [-0.4, -0.2) is 16.1 Å². The molecule has 0 N–H and O–H groups in total. The molecule has 0 bridgehead atoms. The number of nitrogens with zero attached hydrogens (tertiary/aromatic N) is 2. The predicted molar refractivity (Wildman–Crippen MR) is 86.2 cm³/mol. The van der Waals surface area contributed by atoms with Gasteiger partial charge in [-0.2, -0.15) is 5.10 Å². The van der Waals surface area contributed by atoms with E-state index in [0.29, 0.717) is 22.1 Å². The van der Waals surface area contributed by atoms with Crippen molar-refractivity contribution in [2.24, 2.45) is 0 Å². The highest BCUT2D eigenvalue weighted by Gasteiger charge is 2.12. The predicted octanol–water partition coefficient (Wildman–Crippen LogP) is 4.43. The summed E-state index contributed by atoms with van der Waals surface area (Å²) in [5.41, 5.74) is 4.51. The minimum atomic E-state index is 0.581. The van der Waals surface area contributed by atoms with E-state index in [1.807, 2.05) is 17.5 Å². The van der Waals surface area contributed by atoms with Gasteiger partial charge in [0.1, 0.15) is 5.69 Å². The fourth-order valence-electron chi connectivity index (χ4n) is 2.26. The topological polar surface area (TPSA) is 34.9 Å². The van der Waals surface area contributed by atoms with E-state index in [-0.39, 0.29) is 0 Å². The first kappa shape index (κ1) is 14.0. The van der Waals surface area contributed by atoms with Crippen LogP contribution in [0.25, 0.3) is 11.3 Å². The third-order valence-electron chi connectivity index (χ3n) is 3.18. The lowest BCUT2D eigenvalue weighted by atomic mass is 10.1. The summed E-state index contributed by atoms with van der Waals surface area (Å²) in [6.07, 6.45) is 2.61. The van der Waals surface area contributed by atoms with Crippen LogP contribution in [0.3, 0.4) is 0 Å². The average Bonchev–Trinajstić information content (AvgIpc) is 3.05. The summed E-state index contributed by atoms with van der Waals surface area (Å²) in [7, 11) is 0. The van der Waals surface area contributed by atoms with Crippen LogP contribution in [0, 0.1) is 6.92 Å². The Balaban J connectivity index is 1.94. The zero-order valence-electron chi connectivity index (χ0n) is 11.4. The van der Waals surface area contributed by atoms with Crippen molar-refractivity contribution in [1.29, 1.82) is 0 Å². The number of aromatic nitrogens is 2. The van der Waals surface area contributed by atoms with Crippen molar-refractivity contribution in [3.05, 3.63) is 62.9 Å². The zero-order chi connectivity index (χ0) is 14.8. The number of rotatable bonds is 4. The summed E-state index contributed by atoms with van der Waals surface area (Å²) in [6, 6.07) is 10.1. The van der Waals surface area contributed by atoms with Gasteiger partial charge >= 0.3 is 0 Å². The minimum absolute atomic E-state index is 0.581. The number of aldehydes is 1. The Labute approximate surface area is 131 Å². The van der Waals surface area contributed by atoms with Crippen molar-refractivity contribution in [2.45, 2.75) is 13.5 Å². The molecule has 2 heterocycles. The molecule has 5 heteroatoms. The number of aryl methyl sites for hydroxylation is 1. The van der Waals surface area contributed by atoms with E-state index in [1.165, 1.54) is 16.9 Å². The molecule has 0 aliphatic rings. The molecule has 0 fully saturated rings. The largest absolute Gasteiger partial charge is 0.298 e. The third-order valence-corrected chi connectivity index (χ3v) is 4.28. The summed E-state index contributed by atoms with van der Waals surface area (Å²) < 4.78 is 2.48. The molecule has 3 nitrogen and oxygen atoms in total. The van der Waals surface area contributed by atoms with Gasteiger partial charge in [-0.1, -0.05) is 41.4 Å². The fraction of sp³-hybridized carbons (Fsp3) is 0.125. The summed E-state index contributed by atoms with van der Waals surface area (Å²) in [4.78, 5) is 11.2. The van der Waals surface area contributed by atoms with Crippen LogP contribution >= 0.6 is 22.9 Å². The Morgan fingerprint density at radius 2 is 2.24 bits per heavy atom. The number of carbonyl (C=O) groups is 1. The van der Waals surface area contributed by atoms with Gasteiger partial charge in [0.2, 0.25) is 0 Å². The maximum atomic E-state index is 11.2. The molecule has 0 saturated heterocycles. The maximum absolute atomic E-state index is 11.2. The highest BCUT2D eigenvalue weighted by molar-refractivity contribution is 7.14. The molecule has 0 spiro atoms. The van der Waals surface area contributed by atoms with Crippen LogP contribution in [0.4, 0.5) is 0 Å².